The van der Waals surface area contributed by atoms with Gasteiger partial charge in [0.15, 0.2) is 23.2 Å². The maximum absolute atomic E-state index is 14.8. The highest BCUT2D eigenvalue weighted by molar-refractivity contribution is 9.10. The van der Waals surface area contributed by atoms with Gasteiger partial charge in [0.05, 0.1) is 45.9 Å². The average molecular weight is 1430 g/mol. The largest absolute Gasteiger partial charge is 0.492 e. The molecular formula is C74H96Br2N8O11. The van der Waals surface area contributed by atoms with Gasteiger partial charge in [0, 0.05) is 111 Å². The van der Waals surface area contributed by atoms with Crippen LogP contribution in [0.15, 0.2) is 118 Å². The highest BCUT2D eigenvalue weighted by atomic mass is 79.9. The minimum Gasteiger partial charge on any atom is -0.492 e. The predicted molar refractivity (Wildman–Crippen MR) is 377 cm³/mol. The highest BCUT2D eigenvalue weighted by Gasteiger charge is 2.37. The molecule has 0 spiro atoms. The normalized spacial score (nSPS) is 15.9. The average Bonchev–Trinajstić information content (AvgIpc) is 1.03. The number of halogens is 2. The summed E-state index contributed by atoms with van der Waals surface area (Å²) in [6.45, 7) is 19.5. The molecule has 5 aromatic carbocycles. The summed E-state index contributed by atoms with van der Waals surface area (Å²) in [5.41, 5.74) is 23.6. The standard InChI is InChI=1S/C51H64N8O8.C10H13BrO.C9H11BrO.C4H8O/c1-30-25-43(62)47(59(6)50(64)36(18-20-53)29-42(61)46-31(2)56-48(57-32(46)3)34-11-14-37(15-12-34)51(4,5)65-7)35-13-17-45(67-24-22-55)39(28-35)38-26-33(10-16-44(38)66-23-21-54)27-40(58-49(30)63)41(60)9-8-19-52;1-10(2,12-3)8-4-6-9(11)7-5-8;1-9(2,11)7-3-5-8(10)6-4-7;1-2-4-5-3-1/h10-17,26,28,30,36,40,47H,8-9,18,20-25,27,29,53-55H2,1-7H3,(H,58,63);4-7H,1-3H3;3-6,11H,1-2H3;1-4H2/t30-,36-,40+,47+;;;/m1.../s1. The second-order valence-corrected chi connectivity index (χ2v) is 26.9. The topological polar surface area (TPSA) is 295 Å². The summed E-state index contributed by atoms with van der Waals surface area (Å²) in [4.78, 5) is 81.9. The summed E-state index contributed by atoms with van der Waals surface area (Å²) in [6.07, 6.45) is 2.12. The maximum Gasteiger partial charge on any atom is 0.226 e. The third-order valence-electron chi connectivity index (χ3n) is 16.6. The number of carbonyl (C=O) groups excluding carboxylic acids is 5. The Morgan fingerprint density at radius 3 is 1.72 bits per heavy atom. The molecule has 2 amide bonds. The van der Waals surface area contributed by atoms with Gasteiger partial charge in [-0.15, -0.1) is 0 Å². The Morgan fingerprint density at radius 2 is 1.24 bits per heavy atom. The van der Waals surface area contributed by atoms with Gasteiger partial charge in [0.25, 0.3) is 0 Å². The van der Waals surface area contributed by atoms with E-state index in [0.717, 1.165) is 38.8 Å². The molecule has 0 aliphatic carbocycles. The first-order valence-electron chi connectivity index (χ1n) is 32.1. The van der Waals surface area contributed by atoms with Crippen molar-refractivity contribution in [1.29, 1.82) is 5.26 Å². The first-order chi connectivity index (χ1) is 45.0. The molecule has 19 nitrogen and oxygen atoms in total. The van der Waals surface area contributed by atoms with Crippen LogP contribution in [-0.4, -0.2) is 123 Å². The molecule has 2 aliphatic heterocycles. The zero-order valence-corrected chi connectivity index (χ0v) is 60.3. The van der Waals surface area contributed by atoms with Crippen LogP contribution in [0.1, 0.15) is 149 Å². The molecule has 95 heavy (non-hydrogen) atoms. The summed E-state index contributed by atoms with van der Waals surface area (Å²) < 4.78 is 30.3. The molecule has 8 N–H and O–H groups in total. The van der Waals surface area contributed by atoms with Gasteiger partial charge in [-0.1, -0.05) is 99.4 Å². The Balaban J connectivity index is 0.000000473. The number of amides is 2. The van der Waals surface area contributed by atoms with Gasteiger partial charge < -0.3 is 56.2 Å². The van der Waals surface area contributed by atoms with Gasteiger partial charge in [-0.3, -0.25) is 24.0 Å². The van der Waals surface area contributed by atoms with Gasteiger partial charge >= 0.3 is 0 Å². The molecule has 8 rings (SSSR count). The molecular weight excluding hydrogens is 1340 g/mol. The summed E-state index contributed by atoms with van der Waals surface area (Å²) in [5, 5.41) is 21.7. The zero-order chi connectivity index (χ0) is 70.2. The Hall–Kier alpha value is -7.10. The molecule has 0 unspecified atom stereocenters. The highest BCUT2D eigenvalue weighted by Crippen LogP contribution is 2.41. The summed E-state index contributed by atoms with van der Waals surface area (Å²) in [7, 11) is 4.88. The van der Waals surface area contributed by atoms with Crippen LogP contribution in [0, 0.1) is 37.0 Å². The number of nitrogens with one attached hydrogen (secondary N) is 1. The van der Waals surface area contributed by atoms with Crippen LogP contribution < -0.4 is 32.0 Å². The van der Waals surface area contributed by atoms with Gasteiger partial charge in [-0.25, -0.2) is 9.97 Å². The van der Waals surface area contributed by atoms with Gasteiger partial charge in [-0.2, -0.15) is 5.26 Å². The van der Waals surface area contributed by atoms with Crippen LogP contribution in [0.5, 0.6) is 11.5 Å². The van der Waals surface area contributed by atoms with Crippen molar-refractivity contribution in [1.82, 2.24) is 20.2 Å². The van der Waals surface area contributed by atoms with Gasteiger partial charge in [0.2, 0.25) is 11.8 Å². The second-order valence-electron chi connectivity index (χ2n) is 25.1. The van der Waals surface area contributed by atoms with Crippen molar-refractivity contribution in [3.05, 3.63) is 163 Å². The van der Waals surface area contributed by atoms with E-state index in [-0.39, 0.29) is 88.5 Å². The minimum absolute atomic E-state index is 0.0349. The number of methoxy groups -OCH3 is 2. The molecule has 512 valence electrons. The van der Waals surface area contributed by atoms with Crippen molar-refractivity contribution in [3.63, 3.8) is 0 Å². The number of hydrogen-bond donors (Lipinski definition) is 5. The quantitative estimate of drug-likeness (QED) is 0.0395. The van der Waals surface area contributed by atoms with Crippen molar-refractivity contribution >= 4 is 61.0 Å². The lowest BCUT2D eigenvalue weighted by molar-refractivity contribution is -0.142. The number of Topliss-reactive ketones (excluding diaryl/α,β-unsaturated/α-hetero) is 3. The number of fused-ring (bicyclic) bond motifs is 5. The number of ether oxygens (including phenoxy) is 5. The van der Waals surface area contributed by atoms with Crippen LogP contribution >= 0.6 is 31.9 Å². The van der Waals surface area contributed by atoms with E-state index in [4.69, 9.17) is 50.9 Å². The van der Waals surface area contributed by atoms with Crippen LogP contribution in [0.4, 0.5) is 0 Å². The number of likely N-dealkylation sites (N-methyl/N-ethyl adjacent to an activating group) is 1. The van der Waals surface area contributed by atoms with Crippen molar-refractivity contribution < 1.29 is 52.8 Å². The molecule has 1 fully saturated rings. The van der Waals surface area contributed by atoms with Crippen LogP contribution in [0.3, 0.4) is 0 Å². The number of carbonyl (C=O) groups is 5. The number of hydrogen-bond acceptors (Lipinski definition) is 17. The van der Waals surface area contributed by atoms with E-state index < -0.39 is 52.7 Å². The summed E-state index contributed by atoms with van der Waals surface area (Å²) >= 11 is 6.72. The molecule has 2 aliphatic rings. The lowest BCUT2D eigenvalue weighted by Gasteiger charge is -2.32. The number of benzene rings is 5. The SMILES string of the molecule is C1CCOC1.CC(C)(O)c1ccc(Br)cc1.COC(C)(C)c1ccc(-c2nc(C)c(C(=O)C[C@@H](CCN)C(=O)N(C)[C@@H]3C(=O)C[C@@H](C)C(=O)N[C@H](C(=O)CCC#N)Cc4ccc(OCCN)c(c4)-c4cc3ccc4OCCN)c(C)n2)cc1.COC(C)(C)c1ccc(Br)cc1. The number of nitrogens with two attached hydrogens (primary N) is 3. The third kappa shape index (κ3) is 23.0. The minimum atomic E-state index is -1.25. The van der Waals surface area contributed by atoms with Crippen LogP contribution in [0.25, 0.3) is 22.5 Å². The van der Waals surface area contributed by atoms with E-state index in [2.05, 4.69) is 63.2 Å². The van der Waals surface area contributed by atoms with E-state index in [0.29, 0.717) is 56.5 Å². The Bertz CT molecular complexity index is 3520. The van der Waals surface area contributed by atoms with E-state index in [9.17, 15) is 34.3 Å². The fourth-order valence-electron chi connectivity index (χ4n) is 10.7. The third-order valence-corrected chi connectivity index (χ3v) is 17.7. The van der Waals surface area contributed by atoms with E-state index in [1.54, 1.807) is 79.2 Å². The molecule has 6 aromatic rings. The number of aliphatic hydroxyl groups is 1. The first-order valence-corrected chi connectivity index (χ1v) is 33.7. The van der Waals surface area contributed by atoms with Crippen molar-refractivity contribution in [2.75, 3.05) is 67.3 Å². The summed E-state index contributed by atoms with van der Waals surface area (Å²) in [5.74, 6) is -2.79. The van der Waals surface area contributed by atoms with Crippen LogP contribution in [0.2, 0.25) is 0 Å². The summed E-state index contributed by atoms with van der Waals surface area (Å²) in [6, 6.07) is 33.8. The van der Waals surface area contributed by atoms with E-state index >= 15 is 0 Å². The van der Waals surface area contributed by atoms with E-state index in [1.165, 1.54) is 30.4 Å². The number of aromatic nitrogens is 2. The smallest absolute Gasteiger partial charge is 0.226 e. The molecule has 4 atom stereocenters. The number of nitriles is 1. The maximum atomic E-state index is 14.8. The molecule has 21 heteroatoms. The monoisotopic (exact) mass is 1430 g/mol. The first kappa shape index (κ1) is 78.6. The van der Waals surface area contributed by atoms with Gasteiger partial charge in [0.1, 0.15) is 30.8 Å². The molecule has 1 aromatic heterocycles. The Labute approximate surface area is 577 Å². The van der Waals surface area contributed by atoms with Crippen LogP contribution in [-0.2, 0) is 56.6 Å². The molecule has 0 radical (unpaired) electrons. The fraction of sp³-hybridized carbons (Fsp3) is 0.459. The molecule has 3 heterocycles. The van der Waals surface area contributed by atoms with E-state index in [1.807, 2.05) is 86.6 Å². The lowest BCUT2D eigenvalue weighted by atomic mass is 9.88. The fourth-order valence-corrected chi connectivity index (χ4v) is 11.2. The molecule has 4 bridgehead atoms. The molecule has 0 saturated carbocycles. The number of ketones is 3. The molecule has 1 saturated heterocycles. The number of nitrogens with zero attached hydrogens (tertiary/aromatic N) is 4. The zero-order valence-electron chi connectivity index (χ0n) is 57.1. The number of rotatable bonds is 22. The predicted octanol–water partition coefficient (Wildman–Crippen LogP) is 12.0. The lowest BCUT2D eigenvalue weighted by Crippen LogP contribution is -2.46. The van der Waals surface area contributed by atoms with Gasteiger partial charge in [-0.05, 0) is 164 Å². The second kappa shape index (κ2) is 37.4. The Kier molecular flexibility index (Phi) is 31.0. The van der Waals surface area contributed by atoms with Crippen molar-refractivity contribution in [2.24, 2.45) is 29.0 Å². The number of aryl methyl sites for hydroxylation is 2. The van der Waals surface area contributed by atoms with Crippen molar-refractivity contribution in [2.45, 2.75) is 143 Å². The Morgan fingerprint density at radius 1 is 0.737 bits per heavy atom. The van der Waals surface area contributed by atoms with Crippen molar-refractivity contribution in [3.8, 4) is 40.1 Å².